The van der Waals surface area contributed by atoms with Gasteiger partial charge in [0.1, 0.15) is 5.82 Å². The quantitative estimate of drug-likeness (QED) is 0.844. The van der Waals surface area contributed by atoms with Gasteiger partial charge in [-0.3, -0.25) is 4.90 Å². The summed E-state index contributed by atoms with van der Waals surface area (Å²) in [5.74, 6) is -0.163. The molecule has 1 atom stereocenters. The minimum absolute atomic E-state index is 0.163. The van der Waals surface area contributed by atoms with Gasteiger partial charge in [0.25, 0.3) is 0 Å². The molecule has 1 aliphatic rings. The summed E-state index contributed by atoms with van der Waals surface area (Å²) < 4.78 is 13.0. The summed E-state index contributed by atoms with van der Waals surface area (Å²) in [6.45, 7) is 4.03. The lowest BCUT2D eigenvalue weighted by Gasteiger charge is -2.24. The zero-order chi connectivity index (χ0) is 13.2. The Hall–Kier alpha value is -1.26. The molecule has 0 aliphatic carbocycles. The van der Waals surface area contributed by atoms with Crippen LogP contribution in [0.25, 0.3) is 0 Å². The molecule has 0 N–H and O–H groups in total. The van der Waals surface area contributed by atoms with Crippen molar-refractivity contribution in [1.29, 1.82) is 0 Å². The van der Waals surface area contributed by atoms with E-state index in [1.807, 2.05) is 19.1 Å². The van der Waals surface area contributed by atoms with Crippen molar-refractivity contribution < 1.29 is 4.39 Å². The molecule has 19 heavy (non-hydrogen) atoms. The Morgan fingerprint density at radius 1 is 1.37 bits per heavy atom. The van der Waals surface area contributed by atoms with Crippen LogP contribution in [0.3, 0.4) is 0 Å². The maximum atomic E-state index is 13.0. The third kappa shape index (κ3) is 2.85. The molecule has 100 valence electrons. The van der Waals surface area contributed by atoms with Gasteiger partial charge in [-0.25, -0.2) is 9.37 Å². The van der Waals surface area contributed by atoms with Crippen LogP contribution in [0.5, 0.6) is 0 Å². The molecular weight excluding hydrogens is 259 g/mol. The van der Waals surface area contributed by atoms with Gasteiger partial charge in [-0.05, 0) is 44.0 Å². The minimum Gasteiger partial charge on any atom is -0.290 e. The molecule has 0 amide bonds. The van der Waals surface area contributed by atoms with Crippen molar-refractivity contribution in [1.82, 2.24) is 9.88 Å². The minimum atomic E-state index is -0.163. The summed E-state index contributed by atoms with van der Waals surface area (Å²) in [6, 6.07) is 7.33. The largest absolute Gasteiger partial charge is 0.290 e. The number of likely N-dealkylation sites (tertiary alicyclic amines) is 1. The summed E-state index contributed by atoms with van der Waals surface area (Å²) >= 11 is 1.70. The zero-order valence-electron chi connectivity index (χ0n) is 11.0. The van der Waals surface area contributed by atoms with Gasteiger partial charge in [0.15, 0.2) is 0 Å². The average Bonchev–Trinajstić information content (AvgIpc) is 3.00. The molecule has 0 spiro atoms. The van der Waals surface area contributed by atoms with Crippen LogP contribution in [0, 0.1) is 12.7 Å². The molecular formula is C15H17FN2S. The number of aromatic nitrogens is 1. The highest BCUT2D eigenvalue weighted by Crippen LogP contribution is 2.33. The van der Waals surface area contributed by atoms with E-state index in [1.54, 1.807) is 23.5 Å². The molecule has 2 nitrogen and oxygen atoms in total. The Morgan fingerprint density at radius 2 is 2.16 bits per heavy atom. The van der Waals surface area contributed by atoms with Crippen molar-refractivity contribution in [2.24, 2.45) is 0 Å². The summed E-state index contributed by atoms with van der Waals surface area (Å²) in [7, 11) is 0. The van der Waals surface area contributed by atoms with Gasteiger partial charge in [-0.1, -0.05) is 12.1 Å². The first-order valence-electron chi connectivity index (χ1n) is 6.63. The third-order valence-corrected chi connectivity index (χ3v) is 4.47. The van der Waals surface area contributed by atoms with E-state index in [-0.39, 0.29) is 5.82 Å². The van der Waals surface area contributed by atoms with Crippen LogP contribution in [0.1, 0.15) is 35.1 Å². The number of hydrogen-bond donors (Lipinski definition) is 0. The number of nitrogens with zero attached hydrogens (tertiary/aromatic N) is 2. The van der Waals surface area contributed by atoms with Crippen molar-refractivity contribution in [3.63, 3.8) is 0 Å². The van der Waals surface area contributed by atoms with Crippen LogP contribution in [-0.4, -0.2) is 16.4 Å². The second kappa shape index (κ2) is 5.39. The number of halogens is 1. The molecule has 0 radical (unpaired) electrons. The van der Waals surface area contributed by atoms with Crippen molar-refractivity contribution in [2.45, 2.75) is 32.4 Å². The monoisotopic (exact) mass is 276 g/mol. The van der Waals surface area contributed by atoms with Gasteiger partial charge < -0.3 is 0 Å². The van der Waals surface area contributed by atoms with Crippen LogP contribution in [0.4, 0.5) is 4.39 Å². The molecule has 0 saturated carbocycles. The summed E-state index contributed by atoms with van der Waals surface area (Å²) in [4.78, 5) is 6.98. The second-order valence-electron chi connectivity index (χ2n) is 5.04. The Labute approximate surface area is 116 Å². The Kier molecular flexibility index (Phi) is 3.62. The molecule has 1 fully saturated rings. The molecule has 3 rings (SSSR count). The predicted molar refractivity (Wildman–Crippen MR) is 75.6 cm³/mol. The van der Waals surface area contributed by atoms with E-state index in [1.165, 1.54) is 12.0 Å². The van der Waals surface area contributed by atoms with E-state index in [9.17, 15) is 4.39 Å². The number of thiazole rings is 1. The first-order chi connectivity index (χ1) is 9.22. The van der Waals surface area contributed by atoms with E-state index in [0.717, 1.165) is 30.2 Å². The SMILES string of the molecule is Cc1nc(CN2CCC[C@H]2c2ccc(F)cc2)cs1. The first-order valence-corrected chi connectivity index (χ1v) is 7.51. The third-order valence-electron chi connectivity index (χ3n) is 3.65. The highest BCUT2D eigenvalue weighted by molar-refractivity contribution is 7.09. The van der Waals surface area contributed by atoms with Gasteiger partial charge in [-0.15, -0.1) is 11.3 Å². The van der Waals surface area contributed by atoms with E-state index in [0.29, 0.717) is 6.04 Å². The zero-order valence-corrected chi connectivity index (χ0v) is 11.8. The van der Waals surface area contributed by atoms with Crippen LogP contribution >= 0.6 is 11.3 Å². The standard InChI is InChI=1S/C15H17FN2S/c1-11-17-14(10-19-11)9-18-8-2-3-15(18)12-4-6-13(16)7-5-12/h4-7,10,15H,2-3,8-9H2,1H3/t15-/m0/s1. The van der Waals surface area contributed by atoms with Gasteiger partial charge in [-0.2, -0.15) is 0 Å². The molecule has 1 saturated heterocycles. The fraction of sp³-hybridized carbons (Fsp3) is 0.400. The van der Waals surface area contributed by atoms with Gasteiger partial charge in [0, 0.05) is 18.0 Å². The van der Waals surface area contributed by atoms with Crippen LogP contribution in [0.15, 0.2) is 29.6 Å². The number of hydrogen-bond acceptors (Lipinski definition) is 3. The molecule has 2 heterocycles. The summed E-state index contributed by atoms with van der Waals surface area (Å²) in [6.07, 6.45) is 2.35. The fourth-order valence-electron chi connectivity index (χ4n) is 2.77. The summed E-state index contributed by atoms with van der Waals surface area (Å²) in [5.41, 5.74) is 2.36. The molecule has 0 unspecified atom stereocenters. The Balaban J connectivity index is 1.76. The Bertz CT molecular complexity index is 550. The van der Waals surface area contributed by atoms with Gasteiger partial charge in [0.2, 0.25) is 0 Å². The van der Waals surface area contributed by atoms with Crippen molar-refractivity contribution in [3.8, 4) is 0 Å². The first kappa shape index (κ1) is 12.8. The van der Waals surface area contributed by atoms with Gasteiger partial charge in [0.05, 0.1) is 10.7 Å². The lowest BCUT2D eigenvalue weighted by molar-refractivity contribution is 0.246. The van der Waals surface area contributed by atoms with E-state index in [4.69, 9.17) is 0 Å². The van der Waals surface area contributed by atoms with E-state index >= 15 is 0 Å². The van der Waals surface area contributed by atoms with Crippen molar-refractivity contribution >= 4 is 11.3 Å². The maximum absolute atomic E-state index is 13.0. The predicted octanol–water partition coefficient (Wildman–Crippen LogP) is 3.93. The lowest BCUT2D eigenvalue weighted by Crippen LogP contribution is -2.22. The fourth-order valence-corrected chi connectivity index (χ4v) is 3.37. The van der Waals surface area contributed by atoms with E-state index in [2.05, 4.69) is 15.3 Å². The maximum Gasteiger partial charge on any atom is 0.123 e. The molecule has 1 aromatic heterocycles. The molecule has 1 aliphatic heterocycles. The Morgan fingerprint density at radius 3 is 2.84 bits per heavy atom. The topological polar surface area (TPSA) is 16.1 Å². The molecule has 0 bridgehead atoms. The van der Waals surface area contributed by atoms with Gasteiger partial charge >= 0.3 is 0 Å². The number of rotatable bonds is 3. The second-order valence-corrected chi connectivity index (χ2v) is 6.10. The number of benzene rings is 1. The molecule has 1 aromatic carbocycles. The molecule has 4 heteroatoms. The van der Waals surface area contributed by atoms with Crippen LogP contribution in [-0.2, 0) is 6.54 Å². The highest BCUT2D eigenvalue weighted by Gasteiger charge is 2.26. The average molecular weight is 276 g/mol. The van der Waals surface area contributed by atoms with Crippen molar-refractivity contribution in [2.75, 3.05) is 6.54 Å². The van der Waals surface area contributed by atoms with E-state index < -0.39 is 0 Å². The normalized spacial score (nSPS) is 20.0. The number of aryl methyl sites for hydroxylation is 1. The molecule has 2 aromatic rings. The highest BCUT2D eigenvalue weighted by atomic mass is 32.1. The van der Waals surface area contributed by atoms with Crippen LogP contribution in [0.2, 0.25) is 0 Å². The lowest BCUT2D eigenvalue weighted by atomic mass is 10.0. The van der Waals surface area contributed by atoms with Crippen LogP contribution < -0.4 is 0 Å². The summed E-state index contributed by atoms with van der Waals surface area (Å²) in [5, 5.41) is 3.25. The smallest absolute Gasteiger partial charge is 0.123 e. The van der Waals surface area contributed by atoms with Crippen molar-refractivity contribution in [3.05, 3.63) is 51.7 Å².